The molecule has 2 rings (SSSR count). The zero-order chi connectivity index (χ0) is 15.6. The number of halogens is 3. The molecule has 1 aliphatic heterocycles. The van der Waals surface area contributed by atoms with Gasteiger partial charge in [0.25, 0.3) is 5.91 Å². The van der Waals surface area contributed by atoms with Gasteiger partial charge in [-0.15, -0.1) is 0 Å². The number of nitrogens with one attached hydrogen (secondary N) is 1. The van der Waals surface area contributed by atoms with E-state index in [4.69, 9.17) is 23.2 Å². The first-order valence-electron chi connectivity index (χ1n) is 7.07. The Hall–Kier alpha value is -0.840. The number of hydrogen-bond donors (Lipinski definition) is 1. The van der Waals surface area contributed by atoms with Crippen LogP contribution in [0.1, 0.15) is 30.6 Å². The molecule has 1 amide bonds. The number of rotatable bonds is 4. The van der Waals surface area contributed by atoms with Crippen molar-refractivity contribution in [2.45, 2.75) is 26.3 Å². The van der Waals surface area contributed by atoms with E-state index in [0.717, 1.165) is 19.5 Å². The van der Waals surface area contributed by atoms with E-state index in [2.05, 4.69) is 5.32 Å². The summed E-state index contributed by atoms with van der Waals surface area (Å²) in [6, 6.07) is 2.98. The first-order valence-corrected chi connectivity index (χ1v) is 7.82. The van der Waals surface area contributed by atoms with Crippen molar-refractivity contribution in [1.29, 1.82) is 0 Å². The molecule has 1 aliphatic rings. The summed E-state index contributed by atoms with van der Waals surface area (Å²) in [5.41, 5.74) is 0.172. The predicted molar refractivity (Wildman–Crippen MR) is 83.6 cm³/mol. The van der Waals surface area contributed by atoms with Crippen LogP contribution in [0.2, 0.25) is 10.0 Å². The van der Waals surface area contributed by atoms with E-state index in [1.165, 1.54) is 12.1 Å². The van der Waals surface area contributed by atoms with E-state index in [1.54, 1.807) is 4.90 Å². The van der Waals surface area contributed by atoms with Gasteiger partial charge in [-0.1, -0.05) is 37.0 Å². The Morgan fingerprint density at radius 3 is 2.76 bits per heavy atom. The Morgan fingerprint density at radius 2 is 2.19 bits per heavy atom. The average Bonchev–Trinajstić information content (AvgIpc) is 2.95. The van der Waals surface area contributed by atoms with Crippen molar-refractivity contribution in [3.63, 3.8) is 0 Å². The van der Waals surface area contributed by atoms with Crippen molar-refractivity contribution in [2.75, 3.05) is 19.6 Å². The first kappa shape index (κ1) is 16.5. The molecule has 1 N–H and O–H groups in total. The molecule has 1 aromatic rings. The normalized spacial score (nSPS) is 18.3. The molecule has 1 saturated heterocycles. The molecule has 1 atom stereocenters. The molecular weight excluding hydrogens is 314 g/mol. The highest BCUT2D eigenvalue weighted by molar-refractivity contribution is 6.37. The fourth-order valence-corrected chi connectivity index (χ4v) is 2.99. The molecule has 0 radical (unpaired) electrons. The molecule has 6 heteroatoms. The lowest BCUT2D eigenvalue weighted by molar-refractivity contribution is 0.0667. The van der Waals surface area contributed by atoms with Gasteiger partial charge in [0.2, 0.25) is 0 Å². The average molecular weight is 333 g/mol. The highest BCUT2D eigenvalue weighted by Gasteiger charge is 2.29. The molecule has 1 fully saturated rings. The monoisotopic (exact) mass is 332 g/mol. The third-order valence-electron chi connectivity index (χ3n) is 3.56. The highest BCUT2D eigenvalue weighted by atomic mass is 35.5. The van der Waals surface area contributed by atoms with Crippen LogP contribution in [-0.2, 0) is 0 Å². The van der Waals surface area contributed by atoms with Gasteiger partial charge in [-0.2, -0.15) is 0 Å². The Bertz CT molecular complexity index is 531. The van der Waals surface area contributed by atoms with E-state index in [1.807, 2.05) is 13.8 Å². The number of nitrogens with zero attached hydrogens (tertiary/aromatic N) is 1. The van der Waals surface area contributed by atoms with Gasteiger partial charge < -0.3 is 10.2 Å². The van der Waals surface area contributed by atoms with Crippen LogP contribution in [0.5, 0.6) is 0 Å². The number of benzene rings is 1. The highest BCUT2D eigenvalue weighted by Crippen LogP contribution is 2.28. The Balaban J connectivity index is 2.31. The molecule has 116 valence electrons. The summed E-state index contributed by atoms with van der Waals surface area (Å²) in [6.07, 6.45) is 0.895. The minimum Gasteiger partial charge on any atom is -0.334 e. The molecule has 1 unspecified atom stereocenters. The van der Waals surface area contributed by atoms with Crippen molar-refractivity contribution in [1.82, 2.24) is 10.2 Å². The topological polar surface area (TPSA) is 32.3 Å². The number of carbonyl (C=O) groups excluding carboxylic acids is 1. The zero-order valence-corrected chi connectivity index (χ0v) is 13.6. The Labute approximate surface area is 134 Å². The van der Waals surface area contributed by atoms with E-state index in [-0.39, 0.29) is 27.6 Å². The standard InChI is InChI=1S/C15H19Cl2FN2O/c1-9(2)8-20(10-5-6-19-7-10)15(21)11-3-4-12(16)14(18)13(11)17/h3-4,9-10,19H,5-8H2,1-2H3. The lowest BCUT2D eigenvalue weighted by Crippen LogP contribution is -2.43. The van der Waals surface area contributed by atoms with Crippen LogP contribution >= 0.6 is 23.2 Å². The van der Waals surface area contributed by atoms with Gasteiger partial charge >= 0.3 is 0 Å². The molecule has 0 bridgehead atoms. The third kappa shape index (κ3) is 3.68. The van der Waals surface area contributed by atoms with E-state index in [9.17, 15) is 9.18 Å². The fourth-order valence-electron chi connectivity index (χ4n) is 2.54. The SMILES string of the molecule is CC(C)CN(C(=O)c1ccc(Cl)c(F)c1Cl)C1CCNC1. The maximum Gasteiger partial charge on any atom is 0.255 e. The van der Waals surface area contributed by atoms with Gasteiger partial charge in [0.1, 0.15) is 0 Å². The largest absolute Gasteiger partial charge is 0.334 e. The van der Waals surface area contributed by atoms with E-state index in [0.29, 0.717) is 12.5 Å². The minimum absolute atomic E-state index is 0.0745. The maximum absolute atomic E-state index is 13.8. The Morgan fingerprint density at radius 1 is 1.48 bits per heavy atom. The van der Waals surface area contributed by atoms with Gasteiger partial charge in [-0.25, -0.2) is 4.39 Å². The molecular formula is C15H19Cl2FN2O. The molecule has 21 heavy (non-hydrogen) atoms. The lowest BCUT2D eigenvalue weighted by Gasteiger charge is -2.30. The summed E-state index contributed by atoms with van der Waals surface area (Å²) in [7, 11) is 0. The van der Waals surface area contributed by atoms with Crippen molar-refractivity contribution in [3.8, 4) is 0 Å². The predicted octanol–water partition coefficient (Wildman–Crippen LogP) is 3.59. The van der Waals surface area contributed by atoms with Crippen LogP contribution in [0.15, 0.2) is 12.1 Å². The molecule has 3 nitrogen and oxygen atoms in total. The van der Waals surface area contributed by atoms with Gasteiger partial charge in [0, 0.05) is 19.1 Å². The van der Waals surface area contributed by atoms with Gasteiger partial charge in [-0.05, 0) is 31.0 Å². The second-order valence-electron chi connectivity index (χ2n) is 5.72. The first-order chi connectivity index (χ1) is 9.91. The van der Waals surface area contributed by atoms with Crippen LogP contribution in [0.4, 0.5) is 4.39 Å². The molecule has 0 aliphatic carbocycles. The van der Waals surface area contributed by atoms with Gasteiger partial charge in [0.15, 0.2) is 5.82 Å². The van der Waals surface area contributed by atoms with E-state index < -0.39 is 5.82 Å². The lowest BCUT2D eigenvalue weighted by atomic mass is 10.1. The summed E-state index contributed by atoms with van der Waals surface area (Å²) in [5.74, 6) is -0.651. The Kier molecular flexibility index (Phi) is 5.47. The second-order valence-corrected chi connectivity index (χ2v) is 6.51. The maximum atomic E-state index is 13.8. The minimum atomic E-state index is -0.738. The quantitative estimate of drug-likeness (QED) is 0.854. The number of hydrogen-bond acceptors (Lipinski definition) is 2. The van der Waals surface area contributed by atoms with Crippen molar-refractivity contribution < 1.29 is 9.18 Å². The van der Waals surface area contributed by atoms with Crippen LogP contribution in [0, 0.1) is 11.7 Å². The molecule has 0 saturated carbocycles. The van der Waals surface area contributed by atoms with Crippen molar-refractivity contribution >= 4 is 29.1 Å². The van der Waals surface area contributed by atoms with E-state index >= 15 is 0 Å². The summed E-state index contributed by atoms with van der Waals surface area (Å²) >= 11 is 11.6. The van der Waals surface area contributed by atoms with Crippen LogP contribution in [0.25, 0.3) is 0 Å². The fraction of sp³-hybridized carbons (Fsp3) is 0.533. The summed E-state index contributed by atoms with van der Waals surface area (Å²) < 4.78 is 13.8. The van der Waals surface area contributed by atoms with Crippen molar-refractivity contribution in [3.05, 3.63) is 33.6 Å². The third-order valence-corrected chi connectivity index (χ3v) is 4.22. The molecule has 1 aromatic carbocycles. The van der Waals surface area contributed by atoms with Gasteiger partial charge in [-0.3, -0.25) is 4.79 Å². The second kappa shape index (κ2) is 6.95. The smallest absolute Gasteiger partial charge is 0.255 e. The van der Waals surface area contributed by atoms with Crippen LogP contribution < -0.4 is 5.32 Å². The summed E-state index contributed by atoms with van der Waals surface area (Å²) in [4.78, 5) is 14.5. The molecule has 1 heterocycles. The summed E-state index contributed by atoms with van der Waals surface area (Å²) in [5, 5.41) is 2.97. The zero-order valence-electron chi connectivity index (χ0n) is 12.1. The number of amides is 1. The molecule has 0 spiro atoms. The van der Waals surface area contributed by atoms with Crippen molar-refractivity contribution in [2.24, 2.45) is 5.92 Å². The summed E-state index contributed by atoms with van der Waals surface area (Å²) in [6.45, 7) is 6.35. The van der Waals surface area contributed by atoms with Gasteiger partial charge in [0.05, 0.1) is 15.6 Å². The molecule has 0 aromatic heterocycles. The number of carbonyl (C=O) groups is 1. The van der Waals surface area contributed by atoms with Crippen LogP contribution in [0.3, 0.4) is 0 Å². The van der Waals surface area contributed by atoms with Crippen LogP contribution in [-0.4, -0.2) is 36.5 Å².